The topological polar surface area (TPSA) is 71.3 Å². The standard InChI is InChI=1S/C19H13ClN2O3/c1-22-15-7-6-12(23)8-13(15)17-18(22)16(24)9-14(19(17)25)21-11-4-2-10(20)3-5-11/h2-9,21,23H,1H3. The summed E-state index contributed by atoms with van der Waals surface area (Å²) in [6, 6.07) is 11.6. The molecule has 4 rings (SSSR count). The van der Waals surface area contributed by atoms with Crippen molar-refractivity contribution in [1.29, 1.82) is 0 Å². The first kappa shape index (κ1) is 15.5. The van der Waals surface area contributed by atoms with E-state index in [1.54, 1.807) is 41.9 Å². The first-order chi connectivity index (χ1) is 12.0. The molecule has 2 aromatic carbocycles. The molecule has 1 aliphatic rings. The number of phenols is 1. The Morgan fingerprint density at radius 2 is 1.80 bits per heavy atom. The number of anilines is 1. The van der Waals surface area contributed by atoms with Gasteiger partial charge in [-0.15, -0.1) is 0 Å². The molecule has 1 heterocycles. The largest absolute Gasteiger partial charge is 0.508 e. The molecule has 0 spiro atoms. The summed E-state index contributed by atoms with van der Waals surface area (Å²) in [6.07, 6.45) is 1.30. The van der Waals surface area contributed by atoms with Crippen LogP contribution in [0.3, 0.4) is 0 Å². The van der Waals surface area contributed by atoms with Crippen molar-refractivity contribution >= 4 is 39.8 Å². The van der Waals surface area contributed by atoms with Crippen LogP contribution in [-0.2, 0) is 7.05 Å². The lowest BCUT2D eigenvalue weighted by atomic mass is 9.96. The SMILES string of the molecule is Cn1c2c(c3cc(O)ccc31)C(=O)C(Nc1ccc(Cl)cc1)=CC2=O. The number of ketones is 2. The number of Topliss-reactive ketones (excluding diaryl/α,β-unsaturated/α-hetero) is 1. The van der Waals surface area contributed by atoms with Crippen molar-refractivity contribution in [2.24, 2.45) is 7.05 Å². The maximum absolute atomic E-state index is 13.0. The van der Waals surface area contributed by atoms with E-state index in [-0.39, 0.29) is 23.0 Å². The number of aromatic hydroxyl groups is 1. The van der Waals surface area contributed by atoms with Gasteiger partial charge in [0.25, 0.3) is 0 Å². The fourth-order valence-corrected chi connectivity index (χ4v) is 3.26. The maximum Gasteiger partial charge on any atom is 0.212 e. The van der Waals surface area contributed by atoms with E-state index in [9.17, 15) is 14.7 Å². The van der Waals surface area contributed by atoms with Crippen LogP contribution in [0.25, 0.3) is 10.9 Å². The van der Waals surface area contributed by atoms with Crippen molar-refractivity contribution in [3.05, 3.63) is 70.5 Å². The van der Waals surface area contributed by atoms with Crippen LogP contribution in [0, 0.1) is 0 Å². The second-order valence-electron chi connectivity index (χ2n) is 5.87. The summed E-state index contributed by atoms with van der Waals surface area (Å²) in [5, 5.41) is 13.9. The van der Waals surface area contributed by atoms with E-state index in [1.165, 1.54) is 18.2 Å². The first-order valence-electron chi connectivity index (χ1n) is 7.60. The average molecular weight is 353 g/mol. The molecular formula is C19H13ClN2O3. The van der Waals surface area contributed by atoms with Crippen LogP contribution in [-0.4, -0.2) is 21.2 Å². The third-order valence-corrected chi connectivity index (χ3v) is 4.54. The molecule has 0 saturated carbocycles. The molecule has 0 fully saturated rings. The molecule has 0 radical (unpaired) electrons. The summed E-state index contributed by atoms with van der Waals surface area (Å²) in [7, 11) is 1.73. The number of nitrogens with zero attached hydrogens (tertiary/aromatic N) is 1. The number of hydrogen-bond donors (Lipinski definition) is 2. The zero-order valence-corrected chi connectivity index (χ0v) is 14.0. The molecule has 0 unspecified atom stereocenters. The molecule has 2 N–H and O–H groups in total. The molecule has 3 aromatic rings. The Kier molecular flexibility index (Phi) is 3.40. The number of aryl methyl sites for hydroxylation is 1. The van der Waals surface area contributed by atoms with Crippen LogP contribution < -0.4 is 5.32 Å². The van der Waals surface area contributed by atoms with Gasteiger partial charge in [-0.3, -0.25) is 9.59 Å². The number of halogens is 1. The lowest BCUT2D eigenvalue weighted by Gasteiger charge is -2.15. The Hall–Kier alpha value is -3.05. The summed E-state index contributed by atoms with van der Waals surface area (Å²) < 4.78 is 1.68. The monoisotopic (exact) mass is 352 g/mol. The molecule has 124 valence electrons. The van der Waals surface area contributed by atoms with E-state index < -0.39 is 0 Å². The predicted molar refractivity (Wildman–Crippen MR) is 96.4 cm³/mol. The van der Waals surface area contributed by atoms with Crippen LogP contribution in [0.15, 0.2) is 54.2 Å². The number of phenolic OH excluding ortho intramolecular Hbond substituents is 1. The number of carbonyl (C=O) groups is 2. The fraction of sp³-hybridized carbons (Fsp3) is 0.0526. The lowest BCUT2D eigenvalue weighted by Crippen LogP contribution is -2.22. The van der Waals surface area contributed by atoms with Crippen LogP contribution in [0.1, 0.15) is 20.8 Å². The number of benzene rings is 2. The Morgan fingerprint density at radius 3 is 2.52 bits per heavy atom. The molecule has 0 saturated heterocycles. The Labute approximate surface area is 148 Å². The van der Waals surface area contributed by atoms with E-state index in [2.05, 4.69) is 5.32 Å². The van der Waals surface area contributed by atoms with E-state index in [0.29, 0.717) is 32.9 Å². The van der Waals surface area contributed by atoms with E-state index in [4.69, 9.17) is 11.6 Å². The van der Waals surface area contributed by atoms with Crippen LogP contribution in [0.2, 0.25) is 5.02 Å². The minimum atomic E-state index is -0.291. The van der Waals surface area contributed by atoms with Crippen LogP contribution >= 0.6 is 11.6 Å². The fourth-order valence-electron chi connectivity index (χ4n) is 3.13. The van der Waals surface area contributed by atoms with Crippen molar-refractivity contribution in [1.82, 2.24) is 4.57 Å². The second kappa shape index (κ2) is 5.50. The zero-order valence-electron chi connectivity index (χ0n) is 13.2. The van der Waals surface area contributed by atoms with Crippen LogP contribution in [0.5, 0.6) is 5.75 Å². The molecule has 0 atom stereocenters. The summed E-state index contributed by atoms with van der Waals surface area (Å²) in [5.74, 6) is -0.507. The Bertz CT molecular complexity index is 1080. The van der Waals surface area contributed by atoms with Gasteiger partial charge >= 0.3 is 0 Å². The number of allylic oxidation sites excluding steroid dienone is 2. The number of hydrogen-bond acceptors (Lipinski definition) is 4. The number of nitrogens with one attached hydrogen (secondary N) is 1. The van der Waals surface area contributed by atoms with E-state index in [0.717, 1.165) is 0 Å². The van der Waals surface area contributed by atoms with Crippen molar-refractivity contribution in [2.75, 3.05) is 5.32 Å². The van der Waals surface area contributed by atoms with Gasteiger partial charge < -0.3 is 15.0 Å². The van der Waals surface area contributed by atoms with Gasteiger partial charge in [-0.25, -0.2) is 0 Å². The molecule has 25 heavy (non-hydrogen) atoms. The highest BCUT2D eigenvalue weighted by molar-refractivity contribution is 6.31. The number of aromatic nitrogens is 1. The molecule has 1 aromatic heterocycles. The molecule has 0 amide bonds. The third-order valence-electron chi connectivity index (χ3n) is 4.29. The highest BCUT2D eigenvalue weighted by atomic mass is 35.5. The van der Waals surface area contributed by atoms with Gasteiger partial charge in [0, 0.05) is 34.7 Å². The minimum Gasteiger partial charge on any atom is -0.508 e. The van der Waals surface area contributed by atoms with Gasteiger partial charge in [0.2, 0.25) is 11.6 Å². The summed E-state index contributed by atoms with van der Waals surface area (Å²) in [4.78, 5) is 25.6. The molecular weight excluding hydrogens is 340 g/mol. The molecule has 5 nitrogen and oxygen atoms in total. The Morgan fingerprint density at radius 1 is 1.08 bits per heavy atom. The predicted octanol–water partition coefficient (Wildman–Crippen LogP) is 3.91. The smallest absolute Gasteiger partial charge is 0.212 e. The van der Waals surface area contributed by atoms with Gasteiger partial charge in [-0.05, 0) is 42.5 Å². The van der Waals surface area contributed by atoms with Crippen molar-refractivity contribution < 1.29 is 14.7 Å². The van der Waals surface area contributed by atoms with Gasteiger partial charge in [-0.1, -0.05) is 11.6 Å². The Balaban J connectivity index is 1.83. The van der Waals surface area contributed by atoms with Crippen molar-refractivity contribution in [2.45, 2.75) is 0 Å². The average Bonchev–Trinajstić information content (AvgIpc) is 2.87. The third kappa shape index (κ3) is 2.40. The van der Waals surface area contributed by atoms with Gasteiger partial charge in [0.1, 0.15) is 11.4 Å². The highest BCUT2D eigenvalue weighted by Gasteiger charge is 2.31. The summed E-state index contributed by atoms with van der Waals surface area (Å²) >= 11 is 5.87. The minimum absolute atomic E-state index is 0.0444. The summed E-state index contributed by atoms with van der Waals surface area (Å²) in [5.41, 5.74) is 2.19. The van der Waals surface area contributed by atoms with Crippen molar-refractivity contribution in [3.8, 4) is 5.75 Å². The van der Waals surface area contributed by atoms with E-state index >= 15 is 0 Å². The first-order valence-corrected chi connectivity index (χ1v) is 7.98. The van der Waals surface area contributed by atoms with Gasteiger partial charge in [-0.2, -0.15) is 0 Å². The molecule has 1 aliphatic carbocycles. The highest BCUT2D eigenvalue weighted by Crippen LogP contribution is 2.33. The quantitative estimate of drug-likeness (QED) is 0.733. The summed E-state index contributed by atoms with van der Waals surface area (Å²) in [6.45, 7) is 0. The molecule has 6 heteroatoms. The van der Waals surface area contributed by atoms with Crippen molar-refractivity contribution in [3.63, 3.8) is 0 Å². The van der Waals surface area contributed by atoms with Crippen LogP contribution in [0.4, 0.5) is 5.69 Å². The number of rotatable bonds is 2. The molecule has 0 bridgehead atoms. The maximum atomic E-state index is 13.0. The zero-order chi connectivity index (χ0) is 17.7. The lowest BCUT2D eigenvalue weighted by molar-refractivity contribution is 0.0982. The number of fused-ring (bicyclic) bond motifs is 3. The second-order valence-corrected chi connectivity index (χ2v) is 6.30. The number of carbonyl (C=O) groups excluding carboxylic acids is 2. The normalized spacial score (nSPS) is 13.8. The van der Waals surface area contributed by atoms with E-state index in [1.807, 2.05) is 0 Å². The molecule has 0 aliphatic heterocycles. The van der Waals surface area contributed by atoms with Gasteiger partial charge in [0.05, 0.1) is 11.3 Å². The van der Waals surface area contributed by atoms with Gasteiger partial charge in [0.15, 0.2) is 0 Å².